The molecule has 1 fully saturated rings. The van der Waals surface area contributed by atoms with Crippen molar-refractivity contribution in [3.05, 3.63) is 23.7 Å². The minimum Gasteiger partial charge on any atom is -0.457 e. The lowest BCUT2D eigenvalue weighted by Crippen LogP contribution is -2.37. The summed E-state index contributed by atoms with van der Waals surface area (Å²) < 4.78 is 5.49. The van der Waals surface area contributed by atoms with Crippen LogP contribution in [0.5, 0.6) is 0 Å². The highest BCUT2D eigenvalue weighted by Gasteiger charge is 2.12. The van der Waals surface area contributed by atoms with Gasteiger partial charge in [0.25, 0.3) is 0 Å². The van der Waals surface area contributed by atoms with E-state index < -0.39 is 0 Å². The minimum absolute atomic E-state index is 0.0212. The molecule has 2 rings (SSSR count). The summed E-state index contributed by atoms with van der Waals surface area (Å²) in [5.41, 5.74) is 0. The molecule has 0 aliphatic carbocycles. The van der Waals surface area contributed by atoms with Crippen LogP contribution in [-0.4, -0.2) is 61.7 Å². The molecule has 1 aliphatic heterocycles. The average molecular weight is 309 g/mol. The van der Waals surface area contributed by atoms with Gasteiger partial charge in [-0.2, -0.15) is 0 Å². The highest BCUT2D eigenvalue weighted by atomic mass is 16.3. The number of ketones is 1. The second kappa shape index (κ2) is 9.74. The van der Waals surface area contributed by atoms with Crippen molar-refractivity contribution in [1.82, 2.24) is 15.5 Å². The molecule has 1 saturated heterocycles. The fraction of sp³-hybridized carbons (Fsp3) is 0.688. The first-order valence-electron chi connectivity index (χ1n) is 8.16. The zero-order valence-electron chi connectivity index (χ0n) is 13.1. The van der Waals surface area contributed by atoms with Crippen LogP contribution in [0.25, 0.3) is 0 Å². The zero-order valence-corrected chi connectivity index (χ0v) is 13.1. The molecule has 3 N–H and O–H groups in total. The van der Waals surface area contributed by atoms with Crippen molar-refractivity contribution >= 4 is 5.78 Å². The van der Waals surface area contributed by atoms with E-state index in [0.717, 1.165) is 13.1 Å². The second-order valence-corrected chi connectivity index (χ2v) is 5.67. The van der Waals surface area contributed by atoms with Crippen LogP contribution in [0.2, 0.25) is 0 Å². The summed E-state index contributed by atoms with van der Waals surface area (Å²) in [5.74, 6) is 1.09. The molecule has 6 nitrogen and oxygen atoms in total. The van der Waals surface area contributed by atoms with Gasteiger partial charge in [-0.05, 0) is 38.1 Å². The minimum atomic E-state index is -0.0212. The van der Waals surface area contributed by atoms with Crippen LogP contribution >= 0.6 is 0 Å². The van der Waals surface area contributed by atoms with E-state index in [4.69, 9.17) is 9.52 Å². The second-order valence-electron chi connectivity index (χ2n) is 5.67. The van der Waals surface area contributed by atoms with Gasteiger partial charge < -0.3 is 25.1 Å². The van der Waals surface area contributed by atoms with Gasteiger partial charge in [0.15, 0.2) is 5.76 Å². The van der Waals surface area contributed by atoms with Gasteiger partial charge in [-0.15, -0.1) is 0 Å². The number of rotatable bonds is 10. The summed E-state index contributed by atoms with van der Waals surface area (Å²) in [6.45, 7) is 5.63. The summed E-state index contributed by atoms with van der Waals surface area (Å²) in [6, 6.07) is 3.51. The molecule has 0 radical (unpaired) electrons. The third-order valence-corrected chi connectivity index (χ3v) is 3.86. The van der Waals surface area contributed by atoms with Gasteiger partial charge in [-0.1, -0.05) is 6.42 Å². The van der Waals surface area contributed by atoms with Gasteiger partial charge >= 0.3 is 0 Å². The van der Waals surface area contributed by atoms with Gasteiger partial charge in [0.1, 0.15) is 5.76 Å². The molecule has 0 saturated carbocycles. The van der Waals surface area contributed by atoms with Crippen LogP contribution in [0.15, 0.2) is 16.5 Å². The lowest BCUT2D eigenvalue weighted by molar-refractivity contribution is 0.0961. The molecular weight excluding hydrogens is 282 g/mol. The van der Waals surface area contributed by atoms with E-state index in [1.165, 1.54) is 32.4 Å². The van der Waals surface area contributed by atoms with E-state index in [2.05, 4.69) is 15.5 Å². The molecule has 1 aliphatic rings. The van der Waals surface area contributed by atoms with Gasteiger partial charge in [0.2, 0.25) is 5.78 Å². The van der Waals surface area contributed by atoms with Crippen molar-refractivity contribution in [2.75, 3.05) is 45.9 Å². The highest BCUT2D eigenvalue weighted by Crippen LogP contribution is 2.09. The summed E-state index contributed by atoms with van der Waals surface area (Å²) >= 11 is 0. The van der Waals surface area contributed by atoms with Crippen LogP contribution in [-0.2, 0) is 6.54 Å². The monoisotopic (exact) mass is 309 g/mol. The van der Waals surface area contributed by atoms with Crippen LogP contribution in [0, 0.1) is 0 Å². The average Bonchev–Trinajstić information content (AvgIpc) is 3.02. The van der Waals surface area contributed by atoms with Crippen molar-refractivity contribution in [3.63, 3.8) is 0 Å². The molecular formula is C16H27N3O3. The Morgan fingerprint density at radius 3 is 2.77 bits per heavy atom. The Morgan fingerprint density at radius 2 is 2.00 bits per heavy atom. The number of likely N-dealkylation sites (tertiary alicyclic amines) is 1. The van der Waals surface area contributed by atoms with Crippen LogP contribution in [0.4, 0.5) is 0 Å². The number of nitrogens with one attached hydrogen (secondary N) is 2. The maximum Gasteiger partial charge on any atom is 0.211 e. The van der Waals surface area contributed by atoms with E-state index in [1.54, 1.807) is 12.1 Å². The van der Waals surface area contributed by atoms with E-state index in [-0.39, 0.29) is 12.4 Å². The maximum atomic E-state index is 12.0. The van der Waals surface area contributed by atoms with Crippen molar-refractivity contribution in [1.29, 1.82) is 0 Å². The number of aliphatic hydroxyl groups is 1. The molecule has 0 aromatic carbocycles. The van der Waals surface area contributed by atoms with Gasteiger partial charge in [0.05, 0.1) is 19.7 Å². The Hall–Kier alpha value is -1.21. The highest BCUT2D eigenvalue weighted by molar-refractivity contribution is 5.95. The van der Waals surface area contributed by atoms with Crippen LogP contribution < -0.4 is 10.6 Å². The third-order valence-electron chi connectivity index (χ3n) is 3.86. The smallest absolute Gasteiger partial charge is 0.211 e. The lowest BCUT2D eigenvalue weighted by atomic mass is 10.1. The fourth-order valence-corrected chi connectivity index (χ4v) is 2.62. The first-order chi connectivity index (χ1) is 10.8. The molecule has 124 valence electrons. The van der Waals surface area contributed by atoms with Crippen molar-refractivity contribution in [2.45, 2.75) is 25.8 Å². The van der Waals surface area contributed by atoms with Crippen LogP contribution in [0.1, 0.15) is 35.6 Å². The fourth-order valence-electron chi connectivity index (χ4n) is 2.62. The molecule has 0 amide bonds. The van der Waals surface area contributed by atoms with Crippen molar-refractivity contribution < 1.29 is 14.3 Å². The Labute approximate surface area is 131 Å². The molecule has 2 heterocycles. The number of nitrogens with zero attached hydrogens (tertiary/aromatic N) is 1. The number of carbonyl (C=O) groups excluding carboxylic acids is 1. The Morgan fingerprint density at radius 1 is 1.18 bits per heavy atom. The Kier molecular flexibility index (Phi) is 7.59. The maximum absolute atomic E-state index is 12.0. The van der Waals surface area contributed by atoms with Gasteiger partial charge in [-0.3, -0.25) is 4.79 Å². The number of carbonyl (C=O) groups is 1. The van der Waals surface area contributed by atoms with Gasteiger partial charge in [0, 0.05) is 19.6 Å². The molecule has 0 bridgehead atoms. The Bertz CT molecular complexity index is 442. The molecule has 6 heteroatoms. The van der Waals surface area contributed by atoms with E-state index >= 15 is 0 Å². The quantitative estimate of drug-likeness (QED) is 0.434. The van der Waals surface area contributed by atoms with Crippen molar-refractivity contribution in [3.8, 4) is 0 Å². The first kappa shape index (κ1) is 17.1. The first-order valence-corrected chi connectivity index (χ1v) is 8.16. The summed E-state index contributed by atoms with van der Waals surface area (Å²) in [7, 11) is 0. The number of aliphatic hydroxyl groups excluding tert-OH is 1. The molecule has 0 atom stereocenters. The van der Waals surface area contributed by atoms with E-state index in [0.29, 0.717) is 31.2 Å². The third kappa shape index (κ3) is 5.88. The molecule has 0 spiro atoms. The van der Waals surface area contributed by atoms with E-state index in [1.807, 2.05) is 0 Å². The molecule has 1 aromatic rings. The normalized spacial score (nSPS) is 16.0. The number of Topliss-reactive ketones (excluding diaryl/α,β-unsaturated/α-hetero) is 1. The number of hydrogen-bond donors (Lipinski definition) is 3. The summed E-state index contributed by atoms with van der Waals surface area (Å²) in [6.07, 6.45) is 3.92. The topological polar surface area (TPSA) is 77.7 Å². The summed E-state index contributed by atoms with van der Waals surface area (Å²) in [4.78, 5) is 14.5. The van der Waals surface area contributed by atoms with Crippen LogP contribution in [0.3, 0.4) is 0 Å². The molecule has 22 heavy (non-hydrogen) atoms. The largest absolute Gasteiger partial charge is 0.457 e. The Balaban J connectivity index is 1.62. The van der Waals surface area contributed by atoms with E-state index in [9.17, 15) is 4.79 Å². The summed E-state index contributed by atoms with van der Waals surface area (Å²) in [5, 5.41) is 14.9. The SMILES string of the molecule is O=C(CNCCN1CCCCC1)c1ccc(CNCCO)o1. The molecule has 0 unspecified atom stereocenters. The predicted molar refractivity (Wildman–Crippen MR) is 85.0 cm³/mol. The van der Waals surface area contributed by atoms with Crippen molar-refractivity contribution in [2.24, 2.45) is 0 Å². The predicted octanol–water partition coefficient (Wildman–Crippen LogP) is 0.620. The standard InChI is InChI=1S/C16H27N3O3/c20-11-7-18-12-14-4-5-16(22-14)15(21)13-17-6-10-19-8-2-1-3-9-19/h4-5,17-18,20H,1-3,6-13H2. The number of hydrogen-bond acceptors (Lipinski definition) is 6. The number of piperidine rings is 1. The molecule has 1 aromatic heterocycles. The van der Waals surface area contributed by atoms with Gasteiger partial charge in [-0.25, -0.2) is 0 Å². The zero-order chi connectivity index (χ0) is 15.6. The lowest BCUT2D eigenvalue weighted by Gasteiger charge is -2.26. The number of furan rings is 1.